The van der Waals surface area contributed by atoms with Crippen LogP contribution in [0.2, 0.25) is 0 Å². The fourth-order valence-corrected chi connectivity index (χ4v) is 1.74. The number of benzene rings is 1. The van der Waals surface area contributed by atoms with Gasteiger partial charge in [-0.15, -0.1) is 0 Å². The van der Waals surface area contributed by atoms with Gasteiger partial charge in [0.2, 0.25) is 0 Å². The summed E-state index contributed by atoms with van der Waals surface area (Å²) in [5.41, 5.74) is 2.45. The maximum absolute atomic E-state index is 12.2. The van der Waals surface area contributed by atoms with E-state index in [1.54, 1.807) is 24.4 Å². The molecule has 0 unspecified atom stereocenters. The summed E-state index contributed by atoms with van der Waals surface area (Å²) in [6, 6.07) is 10.8. The minimum absolute atomic E-state index is 0.221. The van der Waals surface area contributed by atoms with Gasteiger partial charge in [-0.1, -0.05) is 30.0 Å². The molecule has 0 radical (unpaired) electrons. The van der Waals surface area contributed by atoms with Gasteiger partial charge in [-0.25, -0.2) is 0 Å². The van der Waals surface area contributed by atoms with E-state index >= 15 is 0 Å². The molecule has 4 heteroatoms. The van der Waals surface area contributed by atoms with Crippen molar-refractivity contribution in [3.05, 3.63) is 59.4 Å². The Labute approximate surface area is 117 Å². The second-order valence-corrected chi connectivity index (χ2v) is 4.13. The summed E-state index contributed by atoms with van der Waals surface area (Å²) in [5, 5.41) is 11.5. The van der Waals surface area contributed by atoms with Crippen LogP contribution >= 0.6 is 0 Å². The lowest BCUT2D eigenvalue weighted by atomic mass is 10.1. The molecule has 0 bridgehead atoms. The quantitative estimate of drug-likeness (QED) is 0.817. The Morgan fingerprint density at radius 3 is 2.85 bits per heavy atom. The number of nitrogens with one attached hydrogen (secondary N) is 1. The van der Waals surface area contributed by atoms with Crippen LogP contribution in [0.15, 0.2) is 42.6 Å². The largest absolute Gasteiger partial charge is 0.384 e. The fourth-order valence-electron chi connectivity index (χ4n) is 1.74. The van der Waals surface area contributed by atoms with Gasteiger partial charge in [0.15, 0.2) is 0 Å². The van der Waals surface area contributed by atoms with Crippen LogP contribution in [0.3, 0.4) is 0 Å². The molecule has 0 aliphatic heterocycles. The Bertz CT molecular complexity index is 684. The Morgan fingerprint density at radius 2 is 2.10 bits per heavy atom. The molecule has 0 aliphatic rings. The monoisotopic (exact) mass is 266 g/mol. The maximum atomic E-state index is 12.2. The third-order valence-electron chi connectivity index (χ3n) is 2.70. The highest BCUT2D eigenvalue weighted by atomic mass is 16.2. The van der Waals surface area contributed by atoms with Crippen LogP contribution in [0, 0.1) is 18.8 Å². The van der Waals surface area contributed by atoms with Crippen LogP contribution in [-0.2, 0) is 0 Å². The molecule has 0 atom stereocenters. The van der Waals surface area contributed by atoms with Crippen LogP contribution < -0.4 is 5.32 Å². The maximum Gasteiger partial charge on any atom is 0.274 e. The SMILES string of the molecule is Cc1cccnc1C(=O)Nc1ccccc1C#CCO. The number of carbonyl (C=O) groups excluding carboxylic acids is 1. The van der Waals surface area contributed by atoms with Crippen molar-refractivity contribution >= 4 is 11.6 Å². The zero-order valence-electron chi connectivity index (χ0n) is 11.1. The molecule has 2 rings (SSSR count). The molecule has 2 aromatic rings. The number of hydrogen-bond donors (Lipinski definition) is 2. The van der Waals surface area contributed by atoms with Gasteiger partial charge in [0.25, 0.3) is 5.91 Å². The smallest absolute Gasteiger partial charge is 0.274 e. The molecule has 0 saturated carbocycles. The highest BCUT2D eigenvalue weighted by molar-refractivity contribution is 6.04. The van der Waals surface area contributed by atoms with Crippen molar-refractivity contribution in [1.29, 1.82) is 0 Å². The third-order valence-corrected chi connectivity index (χ3v) is 2.70. The first-order valence-corrected chi connectivity index (χ1v) is 6.14. The molecule has 1 heterocycles. The van der Waals surface area contributed by atoms with E-state index in [2.05, 4.69) is 22.1 Å². The molecule has 0 fully saturated rings. The normalized spacial score (nSPS) is 9.50. The third kappa shape index (κ3) is 3.22. The number of aryl methyl sites for hydroxylation is 1. The van der Waals surface area contributed by atoms with Crippen LogP contribution in [0.5, 0.6) is 0 Å². The Hall–Kier alpha value is -2.64. The van der Waals surface area contributed by atoms with E-state index in [4.69, 9.17) is 5.11 Å². The number of aliphatic hydroxyl groups excluding tert-OH is 1. The lowest BCUT2D eigenvalue weighted by molar-refractivity contribution is 0.102. The van der Waals surface area contributed by atoms with Gasteiger partial charge in [-0.2, -0.15) is 0 Å². The highest BCUT2D eigenvalue weighted by Crippen LogP contribution is 2.15. The summed E-state index contributed by atoms with van der Waals surface area (Å²) < 4.78 is 0. The minimum atomic E-state index is -0.277. The predicted molar refractivity (Wildman–Crippen MR) is 77.3 cm³/mol. The van der Waals surface area contributed by atoms with Gasteiger partial charge in [-0.3, -0.25) is 9.78 Å². The van der Waals surface area contributed by atoms with Gasteiger partial charge in [0, 0.05) is 11.8 Å². The number of para-hydroxylation sites is 1. The van der Waals surface area contributed by atoms with Crippen LogP contribution in [0.4, 0.5) is 5.69 Å². The molecule has 0 spiro atoms. The molecule has 2 N–H and O–H groups in total. The summed E-state index contributed by atoms with van der Waals surface area (Å²) in [6.45, 7) is 1.61. The highest BCUT2D eigenvalue weighted by Gasteiger charge is 2.11. The first-order chi connectivity index (χ1) is 9.72. The number of carbonyl (C=O) groups is 1. The van der Waals surface area contributed by atoms with Crippen molar-refractivity contribution < 1.29 is 9.90 Å². The van der Waals surface area contributed by atoms with Crippen molar-refractivity contribution in [2.45, 2.75) is 6.92 Å². The van der Waals surface area contributed by atoms with Crippen molar-refractivity contribution in [2.24, 2.45) is 0 Å². The van der Waals surface area contributed by atoms with Crippen molar-refractivity contribution in [1.82, 2.24) is 4.98 Å². The molecule has 1 aromatic heterocycles. The van der Waals surface area contributed by atoms with Gasteiger partial charge in [0.05, 0.1) is 5.69 Å². The number of rotatable bonds is 2. The van der Waals surface area contributed by atoms with E-state index in [1.165, 1.54) is 0 Å². The number of nitrogens with zero attached hydrogens (tertiary/aromatic N) is 1. The Balaban J connectivity index is 2.27. The van der Waals surface area contributed by atoms with Gasteiger partial charge < -0.3 is 10.4 Å². The second kappa shape index (κ2) is 6.50. The molecule has 0 saturated heterocycles. The molecule has 100 valence electrons. The topological polar surface area (TPSA) is 62.2 Å². The molecule has 4 nitrogen and oxygen atoms in total. The van der Waals surface area contributed by atoms with E-state index in [1.807, 2.05) is 25.1 Å². The van der Waals surface area contributed by atoms with Crippen molar-refractivity contribution in [3.63, 3.8) is 0 Å². The average molecular weight is 266 g/mol. The summed E-state index contributed by atoms with van der Waals surface area (Å²) in [7, 11) is 0. The van der Waals surface area contributed by atoms with E-state index in [0.29, 0.717) is 16.9 Å². The predicted octanol–water partition coefficient (Wildman–Crippen LogP) is 1.99. The van der Waals surface area contributed by atoms with Gasteiger partial charge in [-0.05, 0) is 30.7 Å². The zero-order valence-corrected chi connectivity index (χ0v) is 11.1. The molecular formula is C16H14N2O2. The van der Waals surface area contributed by atoms with E-state index in [0.717, 1.165) is 5.56 Å². The summed E-state index contributed by atoms with van der Waals surface area (Å²) in [4.78, 5) is 16.3. The number of amides is 1. The lowest BCUT2D eigenvalue weighted by Crippen LogP contribution is -2.15. The van der Waals surface area contributed by atoms with E-state index in [9.17, 15) is 4.79 Å². The van der Waals surface area contributed by atoms with Crippen molar-refractivity contribution in [2.75, 3.05) is 11.9 Å². The molecular weight excluding hydrogens is 252 g/mol. The number of pyridine rings is 1. The number of hydrogen-bond acceptors (Lipinski definition) is 3. The minimum Gasteiger partial charge on any atom is -0.384 e. The first kappa shape index (κ1) is 13.8. The summed E-state index contributed by atoms with van der Waals surface area (Å²) in [6.07, 6.45) is 1.58. The second-order valence-electron chi connectivity index (χ2n) is 4.13. The average Bonchev–Trinajstić information content (AvgIpc) is 2.46. The van der Waals surface area contributed by atoms with Gasteiger partial charge >= 0.3 is 0 Å². The van der Waals surface area contributed by atoms with Crippen molar-refractivity contribution in [3.8, 4) is 11.8 Å². The van der Waals surface area contributed by atoms with Crippen LogP contribution in [0.25, 0.3) is 0 Å². The van der Waals surface area contributed by atoms with Crippen LogP contribution in [-0.4, -0.2) is 22.6 Å². The number of anilines is 1. The number of aliphatic hydroxyl groups is 1. The number of aromatic nitrogens is 1. The molecule has 0 aliphatic carbocycles. The molecule has 1 aromatic carbocycles. The van der Waals surface area contributed by atoms with Gasteiger partial charge in [0.1, 0.15) is 12.3 Å². The zero-order chi connectivity index (χ0) is 14.4. The molecule has 1 amide bonds. The van der Waals surface area contributed by atoms with E-state index in [-0.39, 0.29) is 12.5 Å². The first-order valence-electron chi connectivity index (χ1n) is 6.14. The van der Waals surface area contributed by atoms with Crippen LogP contribution in [0.1, 0.15) is 21.6 Å². The Morgan fingerprint density at radius 1 is 1.30 bits per heavy atom. The Kier molecular flexibility index (Phi) is 4.48. The lowest BCUT2D eigenvalue weighted by Gasteiger charge is -2.08. The summed E-state index contributed by atoms with van der Waals surface area (Å²) in [5.74, 6) is 5.09. The molecule has 20 heavy (non-hydrogen) atoms. The summed E-state index contributed by atoms with van der Waals surface area (Å²) >= 11 is 0. The fraction of sp³-hybridized carbons (Fsp3) is 0.125. The standard InChI is InChI=1S/C16H14N2O2/c1-12-6-4-10-17-15(12)16(20)18-14-9-3-2-7-13(14)8-5-11-19/h2-4,6-7,9-10,19H,11H2,1H3,(H,18,20). The van der Waals surface area contributed by atoms with E-state index < -0.39 is 0 Å².